The summed E-state index contributed by atoms with van der Waals surface area (Å²) in [6.07, 6.45) is -4.30. The monoisotopic (exact) mass is 293 g/mol. The third-order valence-corrected chi connectivity index (χ3v) is 3.33. The van der Waals surface area contributed by atoms with Crippen molar-refractivity contribution in [2.75, 3.05) is 5.32 Å². The van der Waals surface area contributed by atoms with E-state index < -0.39 is 11.7 Å². The molecule has 0 heterocycles. The van der Waals surface area contributed by atoms with E-state index in [1.165, 1.54) is 17.7 Å². The highest BCUT2D eigenvalue weighted by atomic mass is 19.4. The van der Waals surface area contributed by atoms with Crippen LogP contribution < -0.4 is 5.32 Å². The fraction of sp³-hybridized carbons (Fsp3) is 0.294. The number of alkyl halides is 3. The number of hydrogen-bond donors (Lipinski definition) is 1. The number of hydrogen-bond acceptors (Lipinski definition) is 1. The zero-order chi connectivity index (χ0) is 15.5. The third-order valence-electron chi connectivity index (χ3n) is 3.33. The molecular weight excluding hydrogens is 275 g/mol. The van der Waals surface area contributed by atoms with Crippen LogP contribution in [0.15, 0.2) is 48.5 Å². The Kier molecular flexibility index (Phi) is 4.56. The van der Waals surface area contributed by atoms with Gasteiger partial charge in [-0.05, 0) is 41.3 Å². The first-order valence-corrected chi connectivity index (χ1v) is 6.86. The summed E-state index contributed by atoms with van der Waals surface area (Å²) in [6.45, 7) is 4.60. The van der Waals surface area contributed by atoms with Crippen LogP contribution in [0.5, 0.6) is 0 Å². The summed E-state index contributed by atoms with van der Waals surface area (Å²) in [5.41, 5.74) is 2.13. The molecule has 0 aliphatic carbocycles. The lowest BCUT2D eigenvalue weighted by atomic mass is 10.0. The Morgan fingerprint density at radius 1 is 1.00 bits per heavy atom. The number of nitrogens with one attached hydrogen (secondary N) is 1. The Morgan fingerprint density at radius 3 is 2.24 bits per heavy atom. The van der Waals surface area contributed by atoms with Crippen LogP contribution in [-0.2, 0) is 12.7 Å². The average molecular weight is 293 g/mol. The quantitative estimate of drug-likeness (QED) is 0.791. The van der Waals surface area contributed by atoms with E-state index in [0.29, 0.717) is 18.0 Å². The van der Waals surface area contributed by atoms with Crippen molar-refractivity contribution in [3.63, 3.8) is 0 Å². The van der Waals surface area contributed by atoms with Crippen LogP contribution in [0.2, 0.25) is 0 Å². The minimum atomic E-state index is -4.30. The zero-order valence-corrected chi connectivity index (χ0v) is 12.0. The predicted octanol–water partition coefficient (Wildman–Crippen LogP) is 5.44. The third kappa shape index (κ3) is 4.25. The first-order chi connectivity index (χ1) is 9.86. The number of halogens is 3. The maximum Gasteiger partial charge on any atom is 0.416 e. The maximum atomic E-state index is 12.6. The SMILES string of the molecule is CC(C)c1ccc(NCc2cccc(C(F)(F)F)c2)cc1. The van der Waals surface area contributed by atoms with Crippen LogP contribution in [0.1, 0.15) is 36.5 Å². The van der Waals surface area contributed by atoms with Crippen molar-refractivity contribution in [3.8, 4) is 0 Å². The molecule has 0 saturated heterocycles. The molecule has 1 N–H and O–H groups in total. The predicted molar refractivity (Wildman–Crippen MR) is 79.3 cm³/mol. The Morgan fingerprint density at radius 2 is 1.67 bits per heavy atom. The highest BCUT2D eigenvalue weighted by Gasteiger charge is 2.30. The van der Waals surface area contributed by atoms with E-state index in [1.54, 1.807) is 6.07 Å². The molecule has 0 aromatic heterocycles. The van der Waals surface area contributed by atoms with Crippen molar-refractivity contribution in [2.24, 2.45) is 0 Å². The Balaban J connectivity index is 2.03. The average Bonchev–Trinajstić information content (AvgIpc) is 2.45. The molecule has 0 aliphatic rings. The summed E-state index contributed by atoms with van der Waals surface area (Å²) in [5.74, 6) is 0.461. The second kappa shape index (κ2) is 6.20. The summed E-state index contributed by atoms with van der Waals surface area (Å²) in [7, 11) is 0. The van der Waals surface area contributed by atoms with Crippen LogP contribution in [-0.4, -0.2) is 0 Å². The smallest absolute Gasteiger partial charge is 0.381 e. The number of anilines is 1. The first kappa shape index (κ1) is 15.4. The second-order valence-electron chi connectivity index (χ2n) is 5.33. The van der Waals surface area contributed by atoms with Crippen molar-refractivity contribution in [1.82, 2.24) is 0 Å². The molecule has 0 radical (unpaired) electrons. The molecule has 1 nitrogen and oxygen atoms in total. The minimum absolute atomic E-state index is 0.366. The van der Waals surface area contributed by atoms with E-state index in [1.807, 2.05) is 24.3 Å². The summed E-state index contributed by atoms with van der Waals surface area (Å²) in [4.78, 5) is 0. The van der Waals surface area contributed by atoms with E-state index in [9.17, 15) is 13.2 Å². The van der Waals surface area contributed by atoms with Gasteiger partial charge in [-0.2, -0.15) is 13.2 Å². The fourth-order valence-electron chi connectivity index (χ4n) is 2.05. The van der Waals surface area contributed by atoms with Gasteiger partial charge in [0.1, 0.15) is 0 Å². The van der Waals surface area contributed by atoms with Crippen molar-refractivity contribution in [1.29, 1.82) is 0 Å². The van der Waals surface area contributed by atoms with E-state index >= 15 is 0 Å². The summed E-state index contributed by atoms with van der Waals surface area (Å²) in [6, 6.07) is 13.3. The maximum absolute atomic E-state index is 12.6. The van der Waals surface area contributed by atoms with Gasteiger partial charge in [-0.25, -0.2) is 0 Å². The lowest BCUT2D eigenvalue weighted by Gasteiger charge is -2.11. The lowest BCUT2D eigenvalue weighted by Crippen LogP contribution is -2.06. The van der Waals surface area contributed by atoms with Gasteiger partial charge < -0.3 is 5.32 Å². The largest absolute Gasteiger partial charge is 0.416 e. The van der Waals surface area contributed by atoms with Gasteiger partial charge in [0.25, 0.3) is 0 Å². The fourth-order valence-corrected chi connectivity index (χ4v) is 2.05. The highest BCUT2D eigenvalue weighted by molar-refractivity contribution is 5.45. The van der Waals surface area contributed by atoms with Gasteiger partial charge in [-0.1, -0.05) is 38.1 Å². The molecule has 0 amide bonds. The van der Waals surface area contributed by atoms with Crippen LogP contribution in [0.25, 0.3) is 0 Å². The van der Waals surface area contributed by atoms with Gasteiger partial charge in [-0.15, -0.1) is 0 Å². The minimum Gasteiger partial charge on any atom is -0.381 e. The van der Waals surface area contributed by atoms with E-state index in [0.717, 1.165) is 11.8 Å². The molecule has 0 saturated carbocycles. The van der Waals surface area contributed by atoms with Crippen LogP contribution >= 0.6 is 0 Å². The highest BCUT2D eigenvalue weighted by Crippen LogP contribution is 2.29. The van der Waals surface area contributed by atoms with Crippen molar-refractivity contribution in [2.45, 2.75) is 32.5 Å². The van der Waals surface area contributed by atoms with E-state index in [-0.39, 0.29) is 0 Å². The van der Waals surface area contributed by atoms with Crippen LogP contribution in [0.3, 0.4) is 0 Å². The molecule has 0 spiro atoms. The second-order valence-corrected chi connectivity index (χ2v) is 5.33. The topological polar surface area (TPSA) is 12.0 Å². The molecule has 0 atom stereocenters. The summed E-state index contributed by atoms with van der Waals surface area (Å²) >= 11 is 0. The summed E-state index contributed by atoms with van der Waals surface area (Å²) in [5, 5.41) is 3.14. The van der Waals surface area contributed by atoms with Gasteiger partial charge in [0.2, 0.25) is 0 Å². The molecule has 0 unspecified atom stereocenters. The van der Waals surface area contributed by atoms with Crippen molar-refractivity contribution >= 4 is 5.69 Å². The zero-order valence-electron chi connectivity index (χ0n) is 12.0. The van der Waals surface area contributed by atoms with Gasteiger partial charge in [0.05, 0.1) is 5.56 Å². The van der Waals surface area contributed by atoms with E-state index in [2.05, 4.69) is 19.2 Å². The standard InChI is InChI=1S/C17H18F3N/c1-12(2)14-6-8-16(9-7-14)21-11-13-4-3-5-15(10-13)17(18,19)20/h3-10,12,21H,11H2,1-2H3. The van der Waals surface area contributed by atoms with Gasteiger partial charge in [-0.3, -0.25) is 0 Å². The van der Waals surface area contributed by atoms with Crippen LogP contribution in [0.4, 0.5) is 18.9 Å². The number of rotatable bonds is 4. The molecule has 0 fully saturated rings. The molecule has 0 bridgehead atoms. The molecule has 2 rings (SSSR count). The Bertz CT molecular complexity index is 586. The Hall–Kier alpha value is -1.97. The van der Waals surface area contributed by atoms with Gasteiger partial charge in [0.15, 0.2) is 0 Å². The van der Waals surface area contributed by atoms with E-state index in [4.69, 9.17) is 0 Å². The van der Waals surface area contributed by atoms with Crippen LogP contribution in [0, 0.1) is 0 Å². The molecule has 2 aromatic rings. The van der Waals surface area contributed by atoms with Gasteiger partial charge >= 0.3 is 6.18 Å². The number of benzene rings is 2. The molecule has 0 aliphatic heterocycles. The molecule has 112 valence electrons. The lowest BCUT2D eigenvalue weighted by molar-refractivity contribution is -0.137. The molecule has 2 aromatic carbocycles. The summed E-state index contributed by atoms with van der Waals surface area (Å²) < 4.78 is 37.9. The molecule has 21 heavy (non-hydrogen) atoms. The van der Waals surface area contributed by atoms with Crippen molar-refractivity contribution < 1.29 is 13.2 Å². The van der Waals surface area contributed by atoms with Gasteiger partial charge in [0, 0.05) is 12.2 Å². The van der Waals surface area contributed by atoms with Crippen molar-refractivity contribution in [3.05, 3.63) is 65.2 Å². The normalized spacial score (nSPS) is 11.7. The Labute approximate surface area is 122 Å². The first-order valence-electron chi connectivity index (χ1n) is 6.86. The molecular formula is C17H18F3N. The molecule has 4 heteroatoms.